The molecule has 0 atom stereocenters. The van der Waals surface area contributed by atoms with Crippen molar-refractivity contribution in [2.75, 3.05) is 38.6 Å². The molecule has 2 heterocycles. The van der Waals surface area contributed by atoms with E-state index in [4.69, 9.17) is 0 Å². The third kappa shape index (κ3) is 3.26. The molecule has 0 aromatic carbocycles. The molecular formula is C14H19N3O2S. The molecule has 0 radical (unpaired) electrons. The van der Waals surface area contributed by atoms with Crippen molar-refractivity contribution in [1.29, 1.82) is 0 Å². The fraction of sp³-hybridized carbons (Fsp3) is 0.429. The molecule has 6 heteroatoms. The zero-order chi connectivity index (χ0) is 14.7. The van der Waals surface area contributed by atoms with Crippen LogP contribution in [0.5, 0.6) is 0 Å². The van der Waals surface area contributed by atoms with Crippen molar-refractivity contribution in [2.24, 2.45) is 0 Å². The maximum atomic E-state index is 12.2. The summed E-state index contributed by atoms with van der Waals surface area (Å²) in [6, 6.07) is 3.68. The van der Waals surface area contributed by atoms with Gasteiger partial charge < -0.3 is 4.90 Å². The molecule has 20 heavy (non-hydrogen) atoms. The molecule has 0 aliphatic carbocycles. The Morgan fingerprint density at radius 1 is 1.40 bits per heavy atom. The van der Waals surface area contributed by atoms with Gasteiger partial charge in [-0.15, -0.1) is 11.3 Å². The lowest BCUT2D eigenvalue weighted by atomic mass is 10.4. The minimum atomic E-state index is -0.243. The number of rotatable bonds is 4. The van der Waals surface area contributed by atoms with Crippen molar-refractivity contribution in [3.63, 3.8) is 0 Å². The highest BCUT2D eigenvalue weighted by atomic mass is 32.1. The minimum Gasteiger partial charge on any atom is -0.306 e. The van der Waals surface area contributed by atoms with Crippen LogP contribution < -0.4 is 4.90 Å². The van der Waals surface area contributed by atoms with Crippen molar-refractivity contribution in [1.82, 2.24) is 9.80 Å². The van der Waals surface area contributed by atoms with Crippen molar-refractivity contribution in [3.05, 3.63) is 29.2 Å². The smallest absolute Gasteiger partial charge is 0.306 e. The summed E-state index contributed by atoms with van der Waals surface area (Å²) in [6.45, 7) is 3.69. The standard InChI is InChI=1S/C14H19N3O2S/c1-11-6-7-13(20-11)17-10-9-16(14(17)19)12(18)5-4-8-15(2)3/h4-7H,8-10H2,1-3H3/b5-4+. The Kier molecular flexibility index (Phi) is 4.57. The first-order chi connectivity index (χ1) is 9.49. The van der Waals surface area contributed by atoms with Gasteiger partial charge in [0.1, 0.15) is 0 Å². The zero-order valence-corrected chi connectivity index (χ0v) is 12.8. The Balaban J connectivity index is 2.00. The van der Waals surface area contributed by atoms with E-state index in [1.165, 1.54) is 11.0 Å². The summed E-state index contributed by atoms with van der Waals surface area (Å²) in [5.74, 6) is -0.243. The van der Waals surface area contributed by atoms with E-state index >= 15 is 0 Å². The number of likely N-dealkylation sites (N-methyl/N-ethyl adjacent to an activating group) is 1. The van der Waals surface area contributed by atoms with Crippen LogP contribution in [0.2, 0.25) is 0 Å². The Bertz CT molecular complexity index is 536. The maximum Gasteiger partial charge on any atom is 0.332 e. The van der Waals surface area contributed by atoms with E-state index in [1.807, 2.05) is 38.1 Å². The molecule has 0 spiro atoms. The molecule has 5 nitrogen and oxygen atoms in total. The molecule has 1 aliphatic heterocycles. The lowest BCUT2D eigenvalue weighted by Gasteiger charge is -2.14. The fourth-order valence-electron chi connectivity index (χ4n) is 1.97. The number of carbonyl (C=O) groups excluding carboxylic acids is 2. The van der Waals surface area contributed by atoms with E-state index in [0.29, 0.717) is 19.6 Å². The summed E-state index contributed by atoms with van der Waals surface area (Å²) in [7, 11) is 3.85. The second kappa shape index (κ2) is 6.19. The minimum absolute atomic E-state index is 0.230. The molecule has 0 saturated carbocycles. The van der Waals surface area contributed by atoms with Crippen molar-refractivity contribution < 1.29 is 9.59 Å². The third-order valence-corrected chi connectivity index (χ3v) is 4.02. The van der Waals surface area contributed by atoms with Crippen LogP contribution in [0.3, 0.4) is 0 Å². The average Bonchev–Trinajstić information content (AvgIpc) is 2.95. The third-order valence-electron chi connectivity index (χ3n) is 3.00. The predicted molar refractivity (Wildman–Crippen MR) is 81.2 cm³/mol. The number of aryl methyl sites for hydroxylation is 1. The van der Waals surface area contributed by atoms with Gasteiger partial charge in [0.15, 0.2) is 0 Å². The van der Waals surface area contributed by atoms with Crippen molar-refractivity contribution >= 4 is 28.3 Å². The molecule has 3 amide bonds. The molecule has 108 valence electrons. The highest BCUT2D eigenvalue weighted by Crippen LogP contribution is 2.28. The number of anilines is 1. The van der Waals surface area contributed by atoms with E-state index in [9.17, 15) is 9.59 Å². The van der Waals surface area contributed by atoms with Crippen LogP contribution in [-0.4, -0.2) is 55.5 Å². The van der Waals surface area contributed by atoms with Crippen molar-refractivity contribution in [2.45, 2.75) is 6.92 Å². The quantitative estimate of drug-likeness (QED) is 0.797. The van der Waals surface area contributed by atoms with E-state index < -0.39 is 0 Å². The van der Waals surface area contributed by atoms with Gasteiger partial charge in [-0.1, -0.05) is 6.08 Å². The highest BCUT2D eigenvalue weighted by molar-refractivity contribution is 7.16. The van der Waals surface area contributed by atoms with Crippen LogP contribution in [0.15, 0.2) is 24.3 Å². The Hall–Kier alpha value is -1.66. The molecule has 0 unspecified atom stereocenters. The largest absolute Gasteiger partial charge is 0.332 e. The van der Waals surface area contributed by atoms with Gasteiger partial charge in [0.25, 0.3) is 5.91 Å². The summed E-state index contributed by atoms with van der Waals surface area (Å²) in [5, 5.41) is 0.903. The summed E-state index contributed by atoms with van der Waals surface area (Å²) >= 11 is 1.57. The molecule has 1 fully saturated rings. The SMILES string of the molecule is Cc1ccc(N2CCN(C(=O)/C=C/CN(C)C)C2=O)s1. The lowest BCUT2D eigenvalue weighted by Crippen LogP contribution is -2.35. The molecule has 1 aromatic heterocycles. The van der Waals surface area contributed by atoms with Gasteiger partial charge in [-0.2, -0.15) is 0 Å². The second-order valence-corrected chi connectivity index (χ2v) is 6.24. The molecule has 0 N–H and O–H groups in total. The number of hydrogen-bond acceptors (Lipinski definition) is 4. The number of imide groups is 1. The number of carbonyl (C=O) groups is 2. The molecule has 1 saturated heterocycles. The van der Waals surface area contributed by atoms with Crippen molar-refractivity contribution in [3.8, 4) is 0 Å². The van der Waals surface area contributed by atoms with Crippen LogP contribution in [0, 0.1) is 6.92 Å². The lowest BCUT2D eigenvalue weighted by molar-refractivity contribution is -0.122. The number of thiophene rings is 1. The van der Waals surface area contributed by atoms with E-state index in [0.717, 1.165) is 9.88 Å². The maximum absolute atomic E-state index is 12.2. The normalized spacial score (nSPS) is 15.9. The highest BCUT2D eigenvalue weighted by Gasteiger charge is 2.33. The molecular weight excluding hydrogens is 274 g/mol. The number of nitrogens with zero attached hydrogens (tertiary/aromatic N) is 3. The van der Waals surface area contributed by atoms with Gasteiger partial charge >= 0.3 is 6.03 Å². The number of urea groups is 1. The second-order valence-electron chi connectivity index (χ2n) is 4.97. The van der Waals surface area contributed by atoms with Gasteiger partial charge in [0.05, 0.1) is 5.00 Å². The van der Waals surface area contributed by atoms with E-state index in [-0.39, 0.29) is 11.9 Å². The Morgan fingerprint density at radius 3 is 2.75 bits per heavy atom. The number of hydrogen-bond donors (Lipinski definition) is 0. The van der Waals surface area contributed by atoms with E-state index in [1.54, 1.807) is 22.3 Å². The Labute approximate surface area is 123 Å². The van der Waals surface area contributed by atoms with Gasteiger partial charge in [-0.05, 0) is 33.2 Å². The van der Waals surface area contributed by atoms with Crippen LogP contribution in [0.1, 0.15) is 4.88 Å². The molecule has 1 aromatic rings. The van der Waals surface area contributed by atoms with Gasteiger partial charge in [-0.3, -0.25) is 14.6 Å². The first kappa shape index (κ1) is 14.7. The Morgan fingerprint density at radius 2 is 2.15 bits per heavy atom. The van der Waals surface area contributed by atoms with Gasteiger partial charge in [-0.25, -0.2) is 4.79 Å². The summed E-state index contributed by atoms with van der Waals surface area (Å²) in [5.41, 5.74) is 0. The van der Waals surface area contributed by atoms with Crippen LogP contribution in [0.4, 0.5) is 9.80 Å². The summed E-state index contributed by atoms with van der Waals surface area (Å²) in [6.07, 6.45) is 3.24. The molecule has 1 aliphatic rings. The fourth-order valence-corrected chi connectivity index (χ4v) is 2.85. The monoisotopic (exact) mass is 293 g/mol. The van der Waals surface area contributed by atoms with Gasteiger partial charge in [0, 0.05) is 30.6 Å². The molecule has 0 bridgehead atoms. The first-order valence-corrected chi connectivity index (χ1v) is 7.31. The van der Waals surface area contributed by atoms with Crippen LogP contribution >= 0.6 is 11.3 Å². The summed E-state index contributed by atoms with van der Waals surface area (Å²) < 4.78 is 0. The zero-order valence-electron chi connectivity index (χ0n) is 12.0. The topological polar surface area (TPSA) is 43.9 Å². The average molecular weight is 293 g/mol. The first-order valence-electron chi connectivity index (χ1n) is 6.49. The number of amides is 3. The van der Waals surface area contributed by atoms with Crippen LogP contribution in [-0.2, 0) is 4.79 Å². The predicted octanol–water partition coefficient (Wildman–Crippen LogP) is 1.94. The van der Waals surface area contributed by atoms with Crippen LogP contribution in [0.25, 0.3) is 0 Å². The van der Waals surface area contributed by atoms with E-state index in [2.05, 4.69) is 0 Å². The summed E-state index contributed by atoms with van der Waals surface area (Å²) in [4.78, 5) is 30.3. The molecule has 2 rings (SSSR count). The van der Waals surface area contributed by atoms with Gasteiger partial charge in [0.2, 0.25) is 0 Å².